The van der Waals surface area contributed by atoms with Crippen molar-refractivity contribution in [3.8, 4) is 11.5 Å². The fourth-order valence-corrected chi connectivity index (χ4v) is 3.11. The fraction of sp³-hybridized carbons (Fsp3) is 0.333. The van der Waals surface area contributed by atoms with Gasteiger partial charge < -0.3 is 9.47 Å². The molecule has 21 heavy (non-hydrogen) atoms. The molecule has 0 spiro atoms. The van der Waals surface area contributed by atoms with Crippen molar-refractivity contribution in [1.82, 2.24) is 0 Å². The molecule has 0 N–H and O–H groups in total. The van der Waals surface area contributed by atoms with Gasteiger partial charge in [0.15, 0.2) is 0 Å². The summed E-state index contributed by atoms with van der Waals surface area (Å²) in [7, 11) is 1.68. The zero-order valence-electron chi connectivity index (χ0n) is 12.2. The predicted molar refractivity (Wildman–Crippen MR) is 88.1 cm³/mol. The molecule has 1 aliphatic carbocycles. The van der Waals surface area contributed by atoms with Crippen molar-refractivity contribution < 1.29 is 9.47 Å². The Morgan fingerprint density at radius 1 is 0.952 bits per heavy atom. The first kappa shape index (κ1) is 14.5. The normalized spacial score (nSPS) is 13.6. The van der Waals surface area contributed by atoms with Gasteiger partial charge in [0.2, 0.25) is 0 Å². The molecule has 0 fully saturated rings. The molecule has 0 saturated carbocycles. The molecule has 0 heterocycles. The highest BCUT2D eigenvalue weighted by Crippen LogP contribution is 2.27. The number of fused-ring (bicyclic) bond motifs is 1. The second-order valence-electron chi connectivity index (χ2n) is 5.38. The smallest absolute Gasteiger partial charge is 0.120 e. The van der Waals surface area contributed by atoms with Crippen LogP contribution in [0.3, 0.4) is 0 Å². The van der Waals surface area contributed by atoms with Crippen LogP contribution in [-0.4, -0.2) is 7.11 Å². The number of halogens is 1. The molecule has 0 bridgehead atoms. The van der Waals surface area contributed by atoms with E-state index in [0.717, 1.165) is 21.5 Å². The van der Waals surface area contributed by atoms with Gasteiger partial charge >= 0.3 is 0 Å². The first-order valence-electron chi connectivity index (χ1n) is 7.33. The van der Waals surface area contributed by atoms with Crippen LogP contribution in [-0.2, 0) is 19.4 Å². The van der Waals surface area contributed by atoms with Crippen molar-refractivity contribution >= 4 is 15.9 Å². The van der Waals surface area contributed by atoms with Crippen molar-refractivity contribution in [2.24, 2.45) is 0 Å². The monoisotopic (exact) mass is 346 g/mol. The lowest BCUT2D eigenvalue weighted by Gasteiger charge is -2.17. The Morgan fingerprint density at radius 3 is 2.52 bits per heavy atom. The summed E-state index contributed by atoms with van der Waals surface area (Å²) in [6, 6.07) is 12.4. The van der Waals surface area contributed by atoms with Crippen molar-refractivity contribution in [2.75, 3.05) is 7.11 Å². The molecule has 0 saturated heterocycles. The molecular formula is C18H19BrO2. The summed E-state index contributed by atoms with van der Waals surface area (Å²) in [5.74, 6) is 1.80. The summed E-state index contributed by atoms with van der Waals surface area (Å²) in [4.78, 5) is 0. The molecular weight excluding hydrogens is 328 g/mol. The van der Waals surface area contributed by atoms with Gasteiger partial charge in [-0.3, -0.25) is 0 Å². The van der Waals surface area contributed by atoms with E-state index >= 15 is 0 Å². The Balaban J connectivity index is 1.73. The second-order valence-corrected chi connectivity index (χ2v) is 6.24. The summed E-state index contributed by atoms with van der Waals surface area (Å²) in [5.41, 5.74) is 4.02. The van der Waals surface area contributed by atoms with E-state index in [2.05, 4.69) is 34.1 Å². The standard InChI is InChI=1S/C18H19BrO2/c1-20-16-8-9-18(19)15(11-16)12-21-17-7-6-13-4-2-3-5-14(13)10-17/h6-11H,2-5,12H2,1H3. The van der Waals surface area contributed by atoms with E-state index in [-0.39, 0.29) is 0 Å². The zero-order valence-corrected chi connectivity index (χ0v) is 13.8. The van der Waals surface area contributed by atoms with Crippen LogP contribution in [0, 0.1) is 0 Å². The first-order valence-corrected chi connectivity index (χ1v) is 8.12. The van der Waals surface area contributed by atoms with E-state index in [1.165, 1.54) is 36.8 Å². The highest BCUT2D eigenvalue weighted by Gasteiger charge is 2.10. The summed E-state index contributed by atoms with van der Waals surface area (Å²) in [6.45, 7) is 0.538. The molecule has 2 nitrogen and oxygen atoms in total. The van der Waals surface area contributed by atoms with Crippen LogP contribution in [0.15, 0.2) is 40.9 Å². The van der Waals surface area contributed by atoms with Gasteiger partial charge in [-0.2, -0.15) is 0 Å². The van der Waals surface area contributed by atoms with Gasteiger partial charge in [0.25, 0.3) is 0 Å². The molecule has 0 atom stereocenters. The summed E-state index contributed by atoms with van der Waals surface area (Å²) < 4.78 is 12.3. The SMILES string of the molecule is COc1ccc(Br)c(COc2ccc3c(c2)CCCC3)c1. The number of rotatable bonds is 4. The van der Waals surface area contributed by atoms with Crippen LogP contribution >= 0.6 is 15.9 Å². The number of hydrogen-bond donors (Lipinski definition) is 0. The van der Waals surface area contributed by atoms with Gasteiger partial charge in [0.1, 0.15) is 18.1 Å². The van der Waals surface area contributed by atoms with Gasteiger partial charge in [-0.15, -0.1) is 0 Å². The lowest BCUT2D eigenvalue weighted by molar-refractivity contribution is 0.304. The second kappa shape index (κ2) is 6.52. The third-order valence-electron chi connectivity index (χ3n) is 3.97. The zero-order chi connectivity index (χ0) is 14.7. The molecule has 0 aliphatic heterocycles. The third-order valence-corrected chi connectivity index (χ3v) is 4.74. The molecule has 2 aromatic carbocycles. The summed E-state index contributed by atoms with van der Waals surface area (Å²) >= 11 is 3.56. The van der Waals surface area contributed by atoms with Gasteiger partial charge in [0, 0.05) is 10.0 Å². The van der Waals surface area contributed by atoms with Crippen molar-refractivity contribution in [1.29, 1.82) is 0 Å². The molecule has 0 amide bonds. The summed E-state index contributed by atoms with van der Waals surface area (Å²) in [6.07, 6.45) is 4.98. The van der Waals surface area contributed by atoms with Crippen LogP contribution in [0.5, 0.6) is 11.5 Å². The van der Waals surface area contributed by atoms with Gasteiger partial charge in [-0.25, -0.2) is 0 Å². The maximum absolute atomic E-state index is 5.95. The number of hydrogen-bond acceptors (Lipinski definition) is 2. The minimum absolute atomic E-state index is 0.538. The molecule has 2 aromatic rings. The van der Waals surface area contributed by atoms with Crippen LogP contribution in [0.4, 0.5) is 0 Å². The van der Waals surface area contributed by atoms with E-state index in [1.54, 1.807) is 7.11 Å². The number of methoxy groups -OCH3 is 1. The van der Waals surface area contributed by atoms with Crippen molar-refractivity contribution in [3.05, 3.63) is 57.6 Å². The van der Waals surface area contributed by atoms with Crippen LogP contribution in [0.1, 0.15) is 29.5 Å². The Labute approximate surface area is 134 Å². The van der Waals surface area contributed by atoms with Gasteiger partial charge in [-0.05, 0) is 67.1 Å². The molecule has 1 aliphatic rings. The molecule has 3 heteroatoms. The van der Waals surface area contributed by atoms with Crippen molar-refractivity contribution in [3.63, 3.8) is 0 Å². The number of benzene rings is 2. The molecule has 110 valence electrons. The van der Waals surface area contributed by atoms with E-state index in [4.69, 9.17) is 9.47 Å². The Kier molecular flexibility index (Phi) is 4.49. The maximum atomic E-state index is 5.95. The van der Waals surface area contributed by atoms with Crippen LogP contribution in [0.2, 0.25) is 0 Å². The Morgan fingerprint density at radius 2 is 1.71 bits per heavy atom. The quantitative estimate of drug-likeness (QED) is 0.782. The fourth-order valence-electron chi connectivity index (χ4n) is 2.75. The first-order chi connectivity index (χ1) is 10.3. The average molecular weight is 347 g/mol. The van der Waals surface area contributed by atoms with E-state index < -0.39 is 0 Å². The van der Waals surface area contributed by atoms with Crippen LogP contribution < -0.4 is 9.47 Å². The molecule has 0 unspecified atom stereocenters. The molecule has 0 aromatic heterocycles. The largest absolute Gasteiger partial charge is 0.497 e. The van der Waals surface area contributed by atoms with Gasteiger partial charge in [-0.1, -0.05) is 22.0 Å². The molecule has 3 rings (SSSR count). The minimum Gasteiger partial charge on any atom is -0.497 e. The molecule has 0 radical (unpaired) electrons. The maximum Gasteiger partial charge on any atom is 0.120 e. The lowest BCUT2D eigenvalue weighted by Crippen LogP contribution is -2.03. The van der Waals surface area contributed by atoms with Gasteiger partial charge in [0.05, 0.1) is 7.11 Å². The topological polar surface area (TPSA) is 18.5 Å². The van der Waals surface area contributed by atoms with Crippen molar-refractivity contribution in [2.45, 2.75) is 32.3 Å². The Bertz CT molecular complexity index is 637. The predicted octanol–water partition coefficient (Wildman–Crippen LogP) is 4.92. The highest BCUT2D eigenvalue weighted by molar-refractivity contribution is 9.10. The summed E-state index contributed by atoms with van der Waals surface area (Å²) in [5, 5.41) is 0. The number of aryl methyl sites for hydroxylation is 2. The highest BCUT2D eigenvalue weighted by atomic mass is 79.9. The van der Waals surface area contributed by atoms with Crippen LogP contribution in [0.25, 0.3) is 0 Å². The number of ether oxygens (including phenoxy) is 2. The van der Waals surface area contributed by atoms with E-state index in [9.17, 15) is 0 Å². The third kappa shape index (κ3) is 3.41. The van der Waals surface area contributed by atoms with E-state index in [0.29, 0.717) is 6.61 Å². The average Bonchev–Trinajstić information content (AvgIpc) is 2.54. The van der Waals surface area contributed by atoms with E-state index in [1.807, 2.05) is 18.2 Å². The Hall–Kier alpha value is -1.48. The minimum atomic E-state index is 0.538. The lowest BCUT2D eigenvalue weighted by atomic mass is 9.92.